The van der Waals surface area contributed by atoms with Gasteiger partial charge in [0.1, 0.15) is 0 Å². The van der Waals surface area contributed by atoms with Crippen molar-refractivity contribution in [2.24, 2.45) is 0 Å². The maximum absolute atomic E-state index is 11.8. The minimum Gasteiger partial charge on any atom is -0.265 e. The zero-order chi connectivity index (χ0) is 12.8. The number of nitrogens with zero attached hydrogens (tertiary/aromatic N) is 1. The molecule has 0 bridgehead atoms. The first-order valence-corrected chi connectivity index (χ1v) is 7.20. The van der Waals surface area contributed by atoms with Crippen molar-refractivity contribution < 1.29 is 4.21 Å². The predicted octanol–water partition coefficient (Wildman–Crippen LogP) is 3.65. The van der Waals surface area contributed by atoms with Crippen molar-refractivity contribution in [3.63, 3.8) is 0 Å². The van der Waals surface area contributed by atoms with Gasteiger partial charge in [0.25, 0.3) is 0 Å². The molecule has 92 valence electrons. The molecular weight excluding hydrogens is 266 g/mol. The number of hydrogen-bond acceptors (Lipinski definition) is 2. The molecule has 0 N–H and O–H groups in total. The van der Waals surface area contributed by atoms with Crippen LogP contribution in [0.4, 0.5) is 0 Å². The van der Waals surface area contributed by atoms with Gasteiger partial charge in [-0.1, -0.05) is 23.7 Å². The lowest BCUT2D eigenvalue weighted by Crippen LogP contribution is -1.90. The summed E-state index contributed by atoms with van der Waals surface area (Å²) in [5, 5.41) is 2.39. The Morgan fingerprint density at radius 3 is 2.44 bits per heavy atom. The molecule has 0 radical (unpaired) electrons. The SMILES string of the molecule is O=S(/C=C/c1ccncc1)Cc1ccc(Cl)cc1. The highest BCUT2D eigenvalue weighted by Crippen LogP contribution is 2.12. The summed E-state index contributed by atoms with van der Waals surface area (Å²) in [6.07, 6.45) is 5.26. The van der Waals surface area contributed by atoms with Gasteiger partial charge in [0.15, 0.2) is 0 Å². The Hall–Kier alpha value is -1.45. The molecule has 1 heterocycles. The molecule has 2 aromatic rings. The number of halogens is 1. The Morgan fingerprint density at radius 2 is 1.78 bits per heavy atom. The third-order valence-electron chi connectivity index (χ3n) is 2.34. The van der Waals surface area contributed by atoms with Crippen molar-refractivity contribution in [2.75, 3.05) is 0 Å². The summed E-state index contributed by atoms with van der Waals surface area (Å²) in [4.78, 5) is 3.93. The molecule has 0 aliphatic heterocycles. The predicted molar refractivity (Wildman–Crippen MR) is 76.6 cm³/mol. The third-order valence-corrected chi connectivity index (χ3v) is 3.65. The lowest BCUT2D eigenvalue weighted by Gasteiger charge is -1.98. The van der Waals surface area contributed by atoms with E-state index in [9.17, 15) is 4.21 Å². The second-order valence-corrected chi connectivity index (χ2v) is 5.49. The van der Waals surface area contributed by atoms with E-state index in [1.54, 1.807) is 29.9 Å². The minimum absolute atomic E-state index is 0.499. The lowest BCUT2D eigenvalue weighted by molar-refractivity contribution is 0.688. The van der Waals surface area contributed by atoms with Crippen LogP contribution in [0.15, 0.2) is 54.2 Å². The summed E-state index contributed by atoms with van der Waals surface area (Å²) in [6, 6.07) is 11.1. The molecule has 4 heteroatoms. The van der Waals surface area contributed by atoms with Gasteiger partial charge < -0.3 is 0 Å². The smallest absolute Gasteiger partial charge is 0.0526 e. The number of rotatable bonds is 4. The highest BCUT2D eigenvalue weighted by Gasteiger charge is 1.98. The number of aromatic nitrogens is 1. The van der Waals surface area contributed by atoms with Gasteiger partial charge in [0.05, 0.1) is 16.6 Å². The van der Waals surface area contributed by atoms with Gasteiger partial charge in [-0.25, -0.2) is 0 Å². The Bertz CT molecular complexity index is 552. The zero-order valence-electron chi connectivity index (χ0n) is 9.62. The normalized spacial score (nSPS) is 12.7. The molecule has 1 unspecified atom stereocenters. The van der Waals surface area contributed by atoms with Crippen molar-refractivity contribution in [3.8, 4) is 0 Å². The average Bonchev–Trinajstić information content (AvgIpc) is 2.40. The van der Waals surface area contributed by atoms with E-state index in [1.807, 2.05) is 30.3 Å². The molecule has 2 nitrogen and oxygen atoms in total. The summed E-state index contributed by atoms with van der Waals surface area (Å²) in [5.74, 6) is 0.499. The van der Waals surface area contributed by atoms with Gasteiger partial charge in [-0.15, -0.1) is 0 Å². The van der Waals surface area contributed by atoms with E-state index >= 15 is 0 Å². The maximum Gasteiger partial charge on any atom is 0.0526 e. The van der Waals surface area contributed by atoms with E-state index in [0.717, 1.165) is 11.1 Å². The van der Waals surface area contributed by atoms with E-state index < -0.39 is 10.8 Å². The summed E-state index contributed by atoms with van der Waals surface area (Å²) >= 11 is 5.79. The van der Waals surface area contributed by atoms with Crippen molar-refractivity contribution in [2.45, 2.75) is 5.75 Å². The average molecular weight is 278 g/mol. The van der Waals surface area contributed by atoms with Gasteiger partial charge in [0, 0.05) is 22.8 Å². The molecule has 0 saturated heterocycles. The van der Waals surface area contributed by atoms with Crippen LogP contribution < -0.4 is 0 Å². The lowest BCUT2D eigenvalue weighted by atomic mass is 10.2. The molecule has 1 atom stereocenters. The summed E-state index contributed by atoms with van der Waals surface area (Å²) in [7, 11) is -1.02. The van der Waals surface area contributed by atoms with Crippen LogP contribution in [0.5, 0.6) is 0 Å². The van der Waals surface area contributed by atoms with E-state index in [2.05, 4.69) is 4.98 Å². The van der Waals surface area contributed by atoms with Crippen molar-refractivity contribution in [1.29, 1.82) is 0 Å². The monoisotopic (exact) mass is 277 g/mol. The summed E-state index contributed by atoms with van der Waals surface area (Å²) < 4.78 is 11.8. The minimum atomic E-state index is -1.02. The molecule has 0 aliphatic rings. The number of hydrogen-bond donors (Lipinski definition) is 0. The van der Waals surface area contributed by atoms with Crippen LogP contribution >= 0.6 is 11.6 Å². The van der Waals surface area contributed by atoms with E-state index in [0.29, 0.717) is 10.8 Å². The van der Waals surface area contributed by atoms with Crippen molar-refractivity contribution in [1.82, 2.24) is 4.98 Å². The Morgan fingerprint density at radius 1 is 1.11 bits per heavy atom. The first kappa shape index (κ1) is 13.0. The van der Waals surface area contributed by atoms with E-state index in [-0.39, 0.29) is 0 Å². The Kier molecular flexibility index (Phi) is 4.67. The summed E-state index contributed by atoms with van der Waals surface area (Å²) in [6.45, 7) is 0. The van der Waals surface area contributed by atoms with Crippen LogP contribution in [0, 0.1) is 0 Å². The molecule has 0 spiro atoms. The largest absolute Gasteiger partial charge is 0.265 e. The molecule has 0 aliphatic carbocycles. The Balaban J connectivity index is 1.97. The van der Waals surface area contributed by atoms with Crippen LogP contribution in [0.1, 0.15) is 11.1 Å². The molecule has 1 aromatic heterocycles. The maximum atomic E-state index is 11.8. The van der Waals surface area contributed by atoms with Gasteiger partial charge in [-0.05, 0) is 41.5 Å². The third kappa shape index (κ3) is 4.09. The standard InChI is InChI=1S/C14H12ClNOS/c15-14-3-1-13(2-4-14)11-18(17)10-7-12-5-8-16-9-6-12/h1-10H,11H2/b10-7+. The van der Waals surface area contributed by atoms with Crippen molar-refractivity contribution >= 4 is 28.5 Å². The quantitative estimate of drug-likeness (QED) is 0.854. The molecule has 0 saturated carbocycles. The van der Waals surface area contributed by atoms with Crippen molar-refractivity contribution in [3.05, 3.63) is 70.3 Å². The van der Waals surface area contributed by atoms with Crippen LogP contribution in [-0.4, -0.2) is 9.19 Å². The fourth-order valence-electron chi connectivity index (χ4n) is 1.42. The highest BCUT2D eigenvalue weighted by molar-refractivity contribution is 7.87. The Labute approximate surface area is 114 Å². The van der Waals surface area contributed by atoms with E-state index in [1.165, 1.54) is 0 Å². The molecular formula is C14H12ClNOS. The van der Waals surface area contributed by atoms with Gasteiger partial charge >= 0.3 is 0 Å². The fourth-order valence-corrected chi connectivity index (χ4v) is 2.47. The molecule has 0 amide bonds. The highest BCUT2D eigenvalue weighted by atomic mass is 35.5. The van der Waals surface area contributed by atoms with Crippen LogP contribution in [-0.2, 0) is 16.6 Å². The zero-order valence-corrected chi connectivity index (χ0v) is 11.2. The molecule has 2 rings (SSSR count). The molecule has 0 fully saturated rings. The van der Waals surface area contributed by atoms with Crippen LogP contribution in [0.3, 0.4) is 0 Å². The second-order valence-electron chi connectivity index (χ2n) is 3.73. The van der Waals surface area contributed by atoms with Gasteiger partial charge in [-0.3, -0.25) is 9.19 Å². The molecule has 1 aromatic carbocycles. The fraction of sp³-hybridized carbons (Fsp3) is 0.0714. The second kappa shape index (κ2) is 6.47. The first-order chi connectivity index (χ1) is 8.74. The first-order valence-electron chi connectivity index (χ1n) is 5.44. The number of benzene rings is 1. The summed E-state index contributed by atoms with van der Waals surface area (Å²) in [5.41, 5.74) is 2.01. The van der Waals surface area contributed by atoms with Crippen LogP contribution in [0.25, 0.3) is 6.08 Å². The molecule has 18 heavy (non-hydrogen) atoms. The van der Waals surface area contributed by atoms with Crippen LogP contribution in [0.2, 0.25) is 5.02 Å². The van der Waals surface area contributed by atoms with E-state index in [4.69, 9.17) is 11.6 Å². The number of pyridine rings is 1. The van der Waals surface area contributed by atoms with Gasteiger partial charge in [0.2, 0.25) is 0 Å². The topological polar surface area (TPSA) is 30.0 Å². The van der Waals surface area contributed by atoms with Gasteiger partial charge in [-0.2, -0.15) is 0 Å².